The average Bonchev–Trinajstić information content (AvgIpc) is 2.54. The fourth-order valence-corrected chi connectivity index (χ4v) is 2.25. The number of thioether (sulfide) groups is 1. The highest BCUT2D eigenvalue weighted by Crippen LogP contribution is 2.22. The van der Waals surface area contributed by atoms with E-state index < -0.39 is 11.6 Å². The molecule has 0 aliphatic heterocycles. The highest BCUT2D eigenvalue weighted by Gasteiger charge is 2.04. The van der Waals surface area contributed by atoms with Crippen molar-refractivity contribution in [3.05, 3.63) is 82.1 Å². The van der Waals surface area contributed by atoms with E-state index in [4.69, 9.17) is 0 Å². The van der Waals surface area contributed by atoms with Gasteiger partial charge in [0.1, 0.15) is 0 Å². The molecule has 0 atom stereocenters. The van der Waals surface area contributed by atoms with E-state index in [1.807, 2.05) is 43.5 Å². The second kappa shape index (κ2) is 7.80. The zero-order valence-corrected chi connectivity index (χ0v) is 13.8. The summed E-state index contributed by atoms with van der Waals surface area (Å²) in [5.41, 5.74) is 3.28. The van der Waals surface area contributed by atoms with Gasteiger partial charge in [0.25, 0.3) is 0 Å². The van der Waals surface area contributed by atoms with E-state index in [9.17, 15) is 8.78 Å². The summed E-state index contributed by atoms with van der Waals surface area (Å²) in [7, 11) is 0. The average molecular weight is 326 g/mol. The van der Waals surface area contributed by atoms with Crippen molar-refractivity contribution in [1.29, 1.82) is 0 Å². The molecule has 23 heavy (non-hydrogen) atoms. The van der Waals surface area contributed by atoms with Crippen LogP contribution in [0, 0.1) is 23.5 Å². The minimum Gasteiger partial charge on any atom is -0.204 e. The lowest BCUT2D eigenvalue weighted by Crippen LogP contribution is -1.85. The fourth-order valence-electron chi connectivity index (χ4n) is 1.81. The summed E-state index contributed by atoms with van der Waals surface area (Å²) in [4.78, 5) is 1.02. The van der Waals surface area contributed by atoms with Gasteiger partial charge in [-0.25, -0.2) is 8.78 Å². The van der Waals surface area contributed by atoms with Gasteiger partial charge in [0.15, 0.2) is 11.6 Å². The molecule has 0 amide bonds. The van der Waals surface area contributed by atoms with E-state index in [-0.39, 0.29) is 0 Å². The molecule has 0 aliphatic carbocycles. The second-order valence-electron chi connectivity index (χ2n) is 5.08. The Labute approximate surface area is 139 Å². The molecular formula is C20H16F2S. The number of hydrogen-bond donors (Lipinski definition) is 0. The molecule has 0 aromatic heterocycles. The second-order valence-corrected chi connectivity index (χ2v) is 6.25. The summed E-state index contributed by atoms with van der Waals surface area (Å²) < 4.78 is 26.2. The number of benzene rings is 2. The summed E-state index contributed by atoms with van der Waals surface area (Å²) in [6.45, 7) is 7.70. The van der Waals surface area contributed by atoms with Gasteiger partial charge < -0.3 is 0 Å². The van der Waals surface area contributed by atoms with E-state index in [1.54, 1.807) is 17.8 Å². The van der Waals surface area contributed by atoms with Crippen LogP contribution in [0.25, 0.3) is 11.1 Å². The van der Waals surface area contributed by atoms with E-state index >= 15 is 0 Å². The summed E-state index contributed by atoms with van der Waals surface area (Å²) >= 11 is 1.55. The van der Waals surface area contributed by atoms with Crippen LogP contribution < -0.4 is 0 Å². The Hall–Kier alpha value is -2.31. The Kier molecular flexibility index (Phi) is 5.78. The van der Waals surface area contributed by atoms with Crippen LogP contribution >= 0.6 is 11.8 Å². The molecule has 0 fully saturated rings. The van der Waals surface area contributed by atoms with Crippen LogP contribution in [0.1, 0.15) is 19.4 Å². The number of hydrogen-bond acceptors (Lipinski definition) is 1. The topological polar surface area (TPSA) is 0 Å². The lowest BCUT2D eigenvalue weighted by atomic mass is 10.0. The zero-order chi connectivity index (χ0) is 16.8. The molecule has 0 radical (unpaired) electrons. The molecule has 0 bridgehead atoms. The summed E-state index contributed by atoms with van der Waals surface area (Å²) in [6, 6.07) is 11.3. The van der Waals surface area contributed by atoms with E-state index in [0.717, 1.165) is 27.7 Å². The Bertz CT molecular complexity index is 806. The monoisotopic (exact) mass is 326 g/mol. The maximum Gasteiger partial charge on any atom is 0.159 e. The van der Waals surface area contributed by atoms with Crippen LogP contribution in [0.2, 0.25) is 0 Å². The Morgan fingerprint density at radius 3 is 2.26 bits per heavy atom. The zero-order valence-electron chi connectivity index (χ0n) is 13.0. The number of allylic oxidation sites excluding steroid dienone is 2. The molecule has 0 aliphatic rings. The molecule has 0 spiro atoms. The van der Waals surface area contributed by atoms with Crippen LogP contribution in [0.4, 0.5) is 8.78 Å². The maximum atomic E-state index is 13.3. The minimum absolute atomic E-state index is 0.636. The van der Waals surface area contributed by atoms with Crippen LogP contribution in [0.15, 0.2) is 64.9 Å². The van der Waals surface area contributed by atoms with E-state index in [1.165, 1.54) is 6.07 Å². The largest absolute Gasteiger partial charge is 0.204 e. The first-order valence-electron chi connectivity index (χ1n) is 7.02. The molecular weight excluding hydrogens is 310 g/mol. The molecule has 2 aromatic carbocycles. The molecule has 2 rings (SSSR count). The standard InChI is InChI=1S/C20H16F2S/c1-14(2)23-13-15(3)4-5-16-6-8-17(9-7-16)18-10-11-19(21)20(22)12-18/h6-13H,1H2,2-3H3/b15-13+. The molecule has 116 valence electrons. The van der Waals surface area contributed by atoms with Crippen molar-refractivity contribution in [2.45, 2.75) is 13.8 Å². The summed E-state index contributed by atoms with van der Waals surface area (Å²) in [5.74, 6) is 4.45. The molecule has 0 nitrogen and oxygen atoms in total. The summed E-state index contributed by atoms with van der Waals surface area (Å²) in [5, 5.41) is 1.96. The van der Waals surface area contributed by atoms with Crippen molar-refractivity contribution in [2.24, 2.45) is 0 Å². The van der Waals surface area contributed by atoms with Gasteiger partial charge in [-0.1, -0.05) is 36.6 Å². The van der Waals surface area contributed by atoms with Gasteiger partial charge in [-0.05, 0) is 59.6 Å². The number of rotatable bonds is 3. The van der Waals surface area contributed by atoms with Gasteiger partial charge in [-0.2, -0.15) is 0 Å². The van der Waals surface area contributed by atoms with Gasteiger partial charge in [-0.15, -0.1) is 11.8 Å². The smallest absolute Gasteiger partial charge is 0.159 e. The predicted octanol–water partition coefficient (Wildman–Crippen LogP) is 6.15. The first-order valence-corrected chi connectivity index (χ1v) is 7.90. The van der Waals surface area contributed by atoms with Crippen LogP contribution in [-0.4, -0.2) is 0 Å². The van der Waals surface area contributed by atoms with Crippen molar-refractivity contribution in [2.75, 3.05) is 0 Å². The SMILES string of the molecule is C=C(C)S/C=C(\C)C#Cc1ccc(-c2ccc(F)c(F)c2)cc1. The molecule has 3 heteroatoms. The first-order chi connectivity index (χ1) is 11.0. The molecule has 0 heterocycles. The van der Waals surface area contributed by atoms with E-state index in [2.05, 4.69) is 18.4 Å². The van der Waals surface area contributed by atoms with E-state index in [0.29, 0.717) is 5.56 Å². The van der Waals surface area contributed by atoms with Crippen molar-refractivity contribution >= 4 is 11.8 Å². The molecule has 0 saturated carbocycles. The van der Waals surface area contributed by atoms with Crippen LogP contribution in [0.3, 0.4) is 0 Å². The highest BCUT2D eigenvalue weighted by molar-refractivity contribution is 8.05. The Morgan fingerprint density at radius 2 is 1.65 bits per heavy atom. The quantitative estimate of drug-likeness (QED) is 0.609. The van der Waals surface area contributed by atoms with Crippen molar-refractivity contribution in [1.82, 2.24) is 0 Å². The van der Waals surface area contributed by atoms with Gasteiger partial charge in [-0.3, -0.25) is 0 Å². The third kappa shape index (κ3) is 5.12. The minimum atomic E-state index is -0.845. The Balaban J connectivity index is 2.15. The molecule has 0 N–H and O–H groups in total. The third-order valence-corrected chi connectivity index (χ3v) is 3.85. The Morgan fingerprint density at radius 1 is 1.00 bits per heavy atom. The van der Waals surface area contributed by atoms with Crippen LogP contribution in [-0.2, 0) is 0 Å². The maximum absolute atomic E-state index is 13.3. The lowest BCUT2D eigenvalue weighted by Gasteiger charge is -2.02. The summed E-state index contributed by atoms with van der Waals surface area (Å²) in [6.07, 6.45) is 0. The lowest BCUT2D eigenvalue weighted by molar-refractivity contribution is 0.509. The molecule has 0 saturated heterocycles. The predicted molar refractivity (Wildman–Crippen MR) is 94.8 cm³/mol. The van der Waals surface area contributed by atoms with Crippen molar-refractivity contribution in [3.63, 3.8) is 0 Å². The molecule has 0 unspecified atom stereocenters. The molecule has 2 aromatic rings. The fraction of sp³-hybridized carbons (Fsp3) is 0.100. The van der Waals surface area contributed by atoms with Gasteiger partial charge in [0.2, 0.25) is 0 Å². The van der Waals surface area contributed by atoms with Crippen LogP contribution in [0.5, 0.6) is 0 Å². The first kappa shape index (κ1) is 17.1. The van der Waals surface area contributed by atoms with Crippen molar-refractivity contribution in [3.8, 4) is 23.0 Å². The van der Waals surface area contributed by atoms with Crippen molar-refractivity contribution < 1.29 is 8.78 Å². The third-order valence-electron chi connectivity index (χ3n) is 2.98. The van der Waals surface area contributed by atoms with Gasteiger partial charge in [0.05, 0.1) is 0 Å². The van der Waals surface area contributed by atoms with Gasteiger partial charge >= 0.3 is 0 Å². The van der Waals surface area contributed by atoms with Gasteiger partial charge in [0, 0.05) is 11.1 Å². The number of halogens is 2. The normalized spacial score (nSPS) is 10.9. The highest BCUT2D eigenvalue weighted by atomic mass is 32.2.